The molecule has 18 aromatic carbocycles. The molecule has 0 fully saturated rings. The van der Waals surface area contributed by atoms with Gasteiger partial charge in [0.15, 0.2) is 46.4 Å². The maximum absolute atomic E-state index is 6.75. The molecule has 8 aromatic heterocycles. The fourth-order valence-corrected chi connectivity index (χ4v) is 21.3. The number of nitrogens with zero attached hydrogens (tertiary/aromatic N) is 8. The minimum absolute atomic E-state index is 0.577. The van der Waals surface area contributed by atoms with Crippen LogP contribution in [0.4, 0.5) is 0 Å². The number of hydrogen-bond donors (Lipinski definition) is 0. The van der Waals surface area contributed by atoms with Gasteiger partial charge in [-0.1, -0.05) is 419 Å². The lowest BCUT2D eigenvalue weighted by Crippen LogP contribution is -2.00. The van der Waals surface area contributed by atoms with Gasteiger partial charge in [-0.25, -0.2) is 39.9 Å². The molecule has 0 atom stereocenters. The molecule has 4 aliphatic carbocycles. The van der Waals surface area contributed by atoms with Gasteiger partial charge in [-0.3, -0.25) is 0 Å². The third-order valence-electron chi connectivity index (χ3n) is 27.6. The van der Waals surface area contributed by atoms with Crippen molar-refractivity contribution in [3.8, 4) is 247 Å². The smallest absolute Gasteiger partial charge is 0.197 e. The Kier molecular flexibility index (Phi) is 20.6. The predicted molar refractivity (Wildman–Crippen MR) is 581 cm³/mol. The maximum atomic E-state index is 6.75. The quantitative estimate of drug-likeness (QED) is 0.128. The van der Waals surface area contributed by atoms with E-state index in [2.05, 4.69) is 338 Å². The van der Waals surface area contributed by atoms with Gasteiger partial charge in [-0.15, -0.1) is 0 Å². The van der Waals surface area contributed by atoms with E-state index in [0.29, 0.717) is 34.9 Å². The second kappa shape index (κ2) is 35.5. The highest BCUT2D eigenvalue weighted by atomic mass is 16.3. The van der Waals surface area contributed by atoms with Gasteiger partial charge in [-0.2, -0.15) is 0 Å². The Balaban J connectivity index is 0.0000000970. The second-order valence-electron chi connectivity index (χ2n) is 36.0. The molecule has 12 nitrogen and oxygen atoms in total. The summed E-state index contributed by atoms with van der Waals surface area (Å²) in [6, 6.07) is 163. The number of fused-ring (bicyclic) bond motifs is 20. The van der Waals surface area contributed by atoms with Crippen LogP contribution in [-0.2, 0) is 0 Å². The van der Waals surface area contributed by atoms with Crippen molar-refractivity contribution in [1.29, 1.82) is 0 Å². The topological polar surface area (TPSA) is 156 Å². The highest BCUT2D eigenvalue weighted by Crippen LogP contribution is 2.58. The van der Waals surface area contributed by atoms with E-state index in [9.17, 15) is 0 Å². The summed E-state index contributed by atoms with van der Waals surface area (Å²) in [7, 11) is 0. The largest absolute Gasteiger partial charge is 0.455 e. The van der Waals surface area contributed by atoms with Gasteiger partial charge in [0, 0.05) is 95.1 Å². The van der Waals surface area contributed by atoms with Crippen molar-refractivity contribution in [2.24, 2.45) is 0 Å². The Bertz CT molecular complexity index is 9410. The van der Waals surface area contributed by atoms with Gasteiger partial charge in [0.1, 0.15) is 33.8 Å². The molecule has 0 amide bonds. The van der Waals surface area contributed by atoms with Crippen LogP contribution in [0.25, 0.3) is 291 Å². The van der Waals surface area contributed by atoms with E-state index in [1.54, 1.807) is 12.4 Å². The molecule has 144 heavy (non-hydrogen) atoms. The second-order valence-corrected chi connectivity index (χ2v) is 36.0. The zero-order valence-corrected chi connectivity index (χ0v) is 77.4. The number of pyridine rings is 1. The minimum atomic E-state index is 0.577. The molecule has 0 N–H and O–H groups in total. The Hall–Kier alpha value is -19.6. The van der Waals surface area contributed by atoms with E-state index in [0.717, 1.165) is 167 Å². The van der Waals surface area contributed by atoms with Gasteiger partial charge in [0.05, 0.1) is 17.1 Å². The van der Waals surface area contributed by atoms with Crippen LogP contribution in [-0.4, -0.2) is 39.9 Å². The Morgan fingerprint density at radius 2 is 0.375 bits per heavy atom. The van der Waals surface area contributed by atoms with E-state index >= 15 is 0 Å². The van der Waals surface area contributed by atoms with Gasteiger partial charge >= 0.3 is 0 Å². The first kappa shape index (κ1) is 83.8. The standard InChI is InChI=1S/C41H25N3O.C36H22N2O.C31H19NO.C24H14N2O/c1-3-13-26(14-4-1)39-42-40(27-15-5-2-6-16-27)44-41(43-39)29-18-11-17-28(25-29)38-37-34-22-10-9-21-32(34)30-19-7-8-20-31(30)33-23-12-24-35(45-38)36(33)37;1-3-12-23(13-4-1)30-22-31(24-14-5-2-6-15-24)38-36(37-30)35-34-29-19-10-9-18-27(29)25-16-7-8-17-26(25)28-20-11-21-32(39-35)33(28)34;1-2-10-20(11-3-1)26-17-9-18-27(32-26)31-30-25-15-7-6-14-23(25)21-12-4-5-13-22(21)24-16-8-19-28(33-31)29(24)30;1-2-8-16-15(7-1)17-9-3-4-10-19(17)22-21-18(16)11-5-12-20(21)27-23(22)24-25-13-6-14-26-24/h1-25H;1-22H;1-19H;1-14H. The molecule has 4 aliphatic rings. The van der Waals surface area contributed by atoms with Crippen molar-refractivity contribution in [1.82, 2.24) is 39.9 Å². The summed E-state index contributed by atoms with van der Waals surface area (Å²) < 4.78 is 26.3. The summed E-state index contributed by atoms with van der Waals surface area (Å²) in [6.07, 6.45) is 3.50. The van der Waals surface area contributed by atoms with Crippen LogP contribution in [0, 0.1) is 0 Å². The zero-order chi connectivity index (χ0) is 95.1. The normalized spacial score (nSPS) is 11.6. The van der Waals surface area contributed by atoms with Gasteiger partial charge in [-0.05, 0) is 166 Å². The zero-order valence-electron chi connectivity index (χ0n) is 77.4. The Morgan fingerprint density at radius 3 is 0.743 bits per heavy atom. The van der Waals surface area contributed by atoms with Crippen molar-refractivity contribution in [2.45, 2.75) is 0 Å². The van der Waals surface area contributed by atoms with E-state index in [1.165, 1.54) is 89.0 Å². The predicted octanol–water partition coefficient (Wildman–Crippen LogP) is 34.8. The molecule has 8 heterocycles. The molecular weight excluding hydrogens is 1760 g/mol. The van der Waals surface area contributed by atoms with E-state index in [1.807, 2.05) is 146 Å². The van der Waals surface area contributed by atoms with E-state index < -0.39 is 0 Å². The highest BCUT2D eigenvalue weighted by Gasteiger charge is 2.35. The Morgan fingerprint density at radius 1 is 0.132 bits per heavy atom. The fourth-order valence-electron chi connectivity index (χ4n) is 21.3. The monoisotopic (exact) mass is 1840 g/mol. The lowest BCUT2D eigenvalue weighted by atomic mass is 9.93. The number of furan rings is 4. The van der Waals surface area contributed by atoms with Gasteiger partial charge in [0.2, 0.25) is 0 Å². The van der Waals surface area contributed by atoms with Crippen LogP contribution < -0.4 is 0 Å². The summed E-state index contributed by atoms with van der Waals surface area (Å²) in [4.78, 5) is 39.0. The van der Waals surface area contributed by atoms with Crippen LogP contribution in [0.5, 0.6) is 0 Å². The van der Waals surface area contributed by atoms with Crippen molar-refractivity contribution in [3.63, 3.8) is 0 Å². The van der Waals surface area contributed by atoms with Crippen LogP contribution >= 0.6 is 0 Å². The number of benzene rings is 18. The molecule has 30 rings (SSSR count). The van der Waals surface area contributed by atoms with E-state index in [4.69, 9.17) is 47.6 Å². The molecule has 0 radical (unpaired) electrons. The number of hydrogen-bond acceptors (Lipinski definition) is 12. The maximum Gasteiger partial charge on any atom is 0.197 e. The van der Waals surface area contributed by atoms with Crippen molar-refractivity contribution in [3.05, 3.63) is 486 Å². The summed E-state index contributed by atoms with van der Waals surface area (Å²) in [5, 5.41) is 4.50. The summed E-state index contributed by atoms with van der Waals surface area (Å²) >= 11 is 0. The van der Waals surface area contributed by atoms with Crippen LogP contribution in [0.2, 0.25) is 0 Å². The first-order valence-corrected chi connectivity index (χ1v) is 48.2. The molecule has 0 saturated carbocycles. The summed E-state index contributed by atoms with van der Waals surface area (Å²) in [5.41, 5.74) is 42.1. The van der Waals surface area contributed by atoms with Crippen molar-refractivity contribution in [2.75, 3.05) is 0 Å². The molecule has 0 saturated heterocycles. The molecular formula is C132H80N8O4. The molecule has 672 valence electrons. The highest BCUT2D eigenvalue weighted by molar-refractivity contribution is 6.20. The minimum Gasteiger partial charge on any atom is -0.455 e. The summed E-state index contributed by atoms with van der Waals surface area (Å²) in [5.74, 6) is 6.12. The first-order valence-electron chi connectivity index (χ1n) is 48.2. The third-order valence-corrected chi connectivity index (χ3v) is 27.6. The van der Waals surface area contributed by atoms with Crippen molar-refractivity contribution >= 4 is 43.9 Å². The third kappa shape index (κ3) is 14.5. The molecule has 12 heteroatoms. The van der Waals surface area contributed by atoms with Crippen LogP contribution in [0.3, 0.4) is 0 Å². The van der Waals surface area contributed by atoms with E-state index in [-0.39, 0.29) is 0 Å². The van der Waals surface area contributed by atoms with Gasteiger partial charge < -0.3 is 17.7 Å². The first-order chi connectivity index (χ1) is 71.5. The van der Waals surface area contributed by atoms with Crippen molar-refractivity contribution < 1.29 is 17.7 Å². The molecule has 0 bridgehead atoms. The average Bonchev–Trinajstić information content (AvgIpc) is 1.58. The van der Waals surface area contributed by atoms with Gasteiger partial charge in [0.25, 0.3) is 0 Å². The van der Waals surface area contributed by atoms with Crippen LogP contribution in [0.1, 0.15) is 0 Å². The average molecular weight is 1840 g/mol. The lowest BCUT2D eigenvalue weighted by Gasteiger charge is -2.12. The SMILES string of the molecule is c1ccc(-c2cc(-c3ccccc3)nc(-c3oc4cccc5c4c3-c3ccccc3-c3ccccc3-5)n2)cc1.c1ccc(-c2cccc(-c3oc4cccc5c4c3-c3ccccc3-c3ccccc3-5)n2)cc1.c1ccc(-c2nc(-c3ccccc3)nc(-c3cccc(-c4oc5cccc6c5c4-c4ccccc4-c4ccccc4-6)c3)n2)cc1.c1cnc(-c2oc3cccc4c3c2-c2ccccc2-c2ccccc2-4)nc1. The lowest BCUT2D eigenvalue weighted by molar-refractivity contribution is 0.626. The Labute approximate surface area is 828 Å². The fraction of sp³-hybridized carbons (Fsp3) is 0. The number of aromatic nitrogens is 8. The molecule has 0 unspecified atom stereocenters. The molecule has 0 aliphatic heterocycles. The molecule has 26 aromatic rings. The van der Waals surface area contributed by atoms with Crippen LogP contribution in [0.15, 0.2) is 503 Å². The number of rotatable bonds is 10. The molecule has 0 spiro atoms. The summed E-state index contributed by atoms with van der Waals surface area (Å²) in [6.45, 7) is 0.